The average molecular weight is 261 g/mol. The zero-order valence-electron chi connectivity index (χ0n) is 8.29. The quantitative estimate of drug-likeness (QED) is 0.782. The summed E-state index contributed by atoms with van der Waals surface area (Å²) in [6.45, 7) is 0. The van der Waals surface area contributed by atoms with Gasteiger partial charge in [0.15, 0.2) is 11.1 Å². The normalized spacial score (nSPS) is 18.3. The van der Waals surface area contributed by atoms with Crippen LogP contribution < -0.4 is 4.72 Å². The maximum absolute atomic E-state index is 11.7. The third-order valence-electron chi connectivity index (χ3n) is 2.23. The van der Waals surface area contributed by atoms with Gasteiger partial charge in [0.25, 0.3) is 0 Å². The van der Waals surface area contributed by atoms with Gasteiger partial charge in [-0.05, 0) is 37.1 Å². The van der Waals surface area contributed by atoms with E-state index in [1.165, 1.54) is 24.3 Å². The first-order chi connectivity index (χ1) is 7.49. The summed E-state index contributed by atoms with van der Waals surface area (Å²) in [6, 6.07) is 5.37. The van der Waals surface area contributed by atoms with Gasteiger partial charge in [0.2, 0.25) is 10.0 Å². The topological polar surface area (TPSA) is 83.5 Å². The molecule has 0 aromatic heterocycles. The zero-order valence-corrected chi connectivity index (χ0v) is 9.92. The van der Waals surface area contributed by atoms with Crippen molar-refractivity contribution in [1.82, 2.24) is 4.72 Å². The molecule has 0 radical (unpaired) electrons. The Hall–Kier alpha value is -0.760. The van der Waals surface area contributed by atoms with E-state index in [2.05, 4.69) is 4.72 Å². The van der Waals surface area contributed by atoms with Gasteiger partial charge in [-0.25, -0.2) is 17.3 Å². The highest BCUT2D eigenvalue weighted by Gasteiger charge is 2.27. The first kappa shape index (κ1) is 11.7. The molecular weight excluding hydrogens is 250 g/mol. The standard InChI is InChI=1S/C9H11NO4S2/c11-15(12)8-3-5-9(6-4-8)16(13,14)10-7-1-2-7/h3-7,10H,1-2H2,(H,11,12). The van der Waals surface area contributed by atoms with Crippen LogP contribution in [0, 0.1) is 0 Å². The second kappa shape index (κ2) is 4.25. The van der Waals surface area contributed by atoms with Crippen LogP contribution in [0.4, 0.5) is 0 Å². The van der Waals surface area contributed by atoms with E-state index in [1.54, 1.807) is 0 Å². The number of rotatable bonds is 4. The highest BCUT2D eigenvalue weighted by atomic mass is 32.2. The van der Waals surface area contributed by atoms with Crippen molar-refractivity contribution in [1.29, 1.82) is 0 Å². The molecule has 7 heteroatoms. The maximum Gasteiger partial charge on any atom is 0.240 e. The van der Waals surface area contributed by atoms with Gasteiger partial charge in [-0.2, -0.15) is 0 Å². The molecule has 1 atom stereocenters. The summed E-state index contributed by atoms with van der Waals surface area (Å²) >= 11 is -2.08. The van der Waals surface area contributed by atoms with Gasteiger partial charge in [0, 0.05) is 6.04 Å². The lowest BCUT2D eigenvalue weighted by atomic mass is 10.4. The molecule has 1 aromatic rings. The van der Waals surface area contributed by atoms with Crippen LogP contribution in [0.25, 0.3) is 0 Å². The molecule has 0 heterocycles. The first-order valence-corrected chi connectivity index (χ1v) is 7.31. The molecule has 1 aromatic carbocycles. The molecule has 1 saturated carbocycles. The molecular formula is C9H11NO4S2. The Morgan fingerprint density at radius 3 is 2.25 bits per heavy atom. The van der Waals surface area contributed by atoms with Crippen LogP contribution in [0.1, 0.15) is 12.8 Å². The lowest BCUT2D eigenvalue weighted by molar-refractivity contribution is 0.563. The molecule has 0 bridgehead atoms. The fraction of sp³-hybridized carbons (Fsp3) is 0.333. The van der Waals surface area contributed by atoms with Crippen LogP contribution in [0.15, 0.2) is 34.1 Å². The van der Waals surface area contributed by atoms with Crippen molar-refractivity contribution < 1.29 is 17.2 Å². The van der Waals surface area contributed by atoms with Gasteiger partial charge in [-0.15, -0.1) is 0 Å². The van der Waals surface area contributed by atoms with Crippen LogP contribution in [-0.2, 0) is 21.1 Å². The molecule has 1 aliphatic carbocycles. The van der Waals surface area contributed by atoms with Crippen LogP contribution in [0.5, 0.6) is 0 Å². The fourth-order valence-corrected chi connectivity index (χ4v) is 2.90. The summed E-state index contributed by atoms with van der Waals surface area (Å²) in [5, 5.41) is 0. The van der Waals surface area contributed by atoms with Crippen molar-refractivity contribution >= 4 is 21.1 Å². The number of nitrogens with one attached hydrogen (secondary N) is 1. The molecule has 16 heavy (non-hydrogen) atoms. The van der Waals surface area contributed by atoms with E-state index in [9.17, 15) is 12.6 Å². The largest absolute Gasteiger partial charge is 0.302 e. The van der Waals surface area contributed by atoms with Crippen LogP contribution in [-0.4, -0.2) is 23.2 Å². The number of sulfonamides is 1. The van der Waals surface area contributed by atoms with Gasteiger partial charge in [-0.3, -0.25) is 0 Å². The molecule has 0 amide bonds. The van der Waals surface area contributed by atoms with Gasteiger partial charge < -0.3 is 4.55 Å². The van der Waals surface area contributed by atoms with Crippen molar-refractivity contribution in [3.8, 4) is 0 Å². The van der Waals surface area contributed by atoms with E-state index in [1.807, 2.05) is 0 Å². The van der Waals surface area contributed by atoms with Crippen molar-refractivity contribution in [3.63, 3.8) is 0 Å². The van der Waals surface area contributed by atoms with E-state index in [0.717, 1.165) is 12.8 Å². The van der Waals surface area contributed by atoms with Crippen LogP contribution >= 0.6 is 0 Å². The van der Waals surface area contributed by atoms with E-state index in [-0.39, 0.29) is 15.8 Å². The summed E-state index contributed by atoms with van der Waals surface area (Å²) in [5.74, 6) is 0. The molecule has 2 N–H and O–H groups in total. The SMILES string of the molecule is O=S(O)c1ccc(S(=O)(=O)NC2CC2)cc1. The Kier molecular flexibility index (Phi) is 3.11. The summed E-state index contributed by atoms with van der Waals surface area (Å²) in [4.78, 5) is 0.305. The van der Waals surface area contributed by atoms with Crippen molar-refractivity contribution in [2.75, 3.05) is 0 Å². The summed E-state index contributed by atoms with van der Waals surface area (Å²) < 4.78 is 45.4. The Balaban J connectivity index is 2.23. The second-order valence-corrected chi connectivity index (χ2v) is 6.30. The van der Waals surface area contributed by atoms with Crippen molar-refractivity contribution in [2.24, 2.45) is 0 Å². The Morgan fingerprint density at radius 2 is 1.81 bits per heavy atom. The molecule has 2 rings (SSSR count). The lowest BCUT2D eigenvalue weighted by Crippen LogP contribution is -2.25. The fourth-order valence-electron chi connectivity index (χ4n) is 1.22. The van der Waals surface area contributed by atoms with E-state index < -0.39 is 21.1 Å². The Labute approximate surface area is 96.2 Å². The van der Waals surface area contributed by atoms with Crippen LogP contribution in [0.3, 0.4) is 0 Å². The third kappa shape index (κ3) is 2.67. The van der Waals surface area contributed by atoms with Gasteiger partial charge in [-0.1, -0.05) is 0 Å². The highest BCUT2D eigenvalue weighted by Crippen LogP contribution is 2.22. The minimum atomic E-state index is -3.47. The predicted octanol–water partition coefficient (Wildman–Crippen LogP) is 0.708. The molecule has 1 aliphatic rings. The van der Waals surface area contributed by atoms with Crippen molar-refractivity contribution in [3.05, 3.63) is 24.3 Å². The van der Waals surface area contributed by atoms with Crippen molar-refractivity contribution in [2.45, 2.75) is 28.7 Å². The van der Waals surface area contributed by atoms with Gasteiger partial charge in [0.05, 0.1) is 9.79 Å². The van der Waals surface area contributed by atoms with Crippen LogP contribution in [0.2, 0.25) is 0 Å². The molecule has 0 aliphatic heterocycles. The number of hydrogen-bond donors (Lipinski definition) is 2. The van der Waals surface area contributed by atoms with E-state index >= 15 is 0 Å². The Bertz CT molecular complexity index is 505. The molecule has 0 spiro atoms. The molecule has 0 saturated heterocycles. The number of benzene rings is 1. The maximum atomic E-state index is 11.7. The minimum absolute atomic E-state index is 0.0525. The van der Waals surface area contributed by atoms with Gasteiger partial charge in [0.1, 0.15) is 0 Å². The second-order valence-electron chi connectivity index (χ2n) is 3.62. The minimum Gasteiger partial charge on any atom is -0.302 e. The van der Waals surface area contributed by atoms with Gasteiger partial charge >= 0.3 is 0 Å². The van der Waals surface area contributed by atoms with E-state index in [4.69, 9.17) is 4.55 Å². The molecule has 88 valence electrons. The zero-order chi connectivity index (χ0) is 11.8. The van der Waals surface area contributed by atoms with E-state index in [0.29, 0.717) is 0 Å². The first-order valence-electron chi connectivity index (χ1n) is 4.72. The molecule has 1 unspecified atom stereocenters. The third-order valence-corrected chi connectivity index (χ3v) is 4.45. The monoisotopic (exact) mass is 261 g/mol. The highest BCUT2D eigenvalue weighted by molar-refractivity contribution is 7.89. The predicted molar refractivity (Wildman–Crippen MR) is 58.8 cm³/mol. The summed E-state index contributed by atoms with van der Waals surface area (Å²) in [7, 11) is -3.47. The lowest BCUT2D eigenvalue weighted by Gasteiger charge is -2.05. The molecule has 5 nitrogen and oxygen atoms in total. The average Bonchev–Trinajstić information content (AvgIpc) is 3.01. The molecule has 1 fully saturated rings. The summed E-state index contributed by atoms with van der Waals surface area (Å²) in [6.07, 6.45) is 1.75. The summed E-state index contributed by atoms with van der Waals surface area (Å²) in [5.41, 5.74) is 0. The smallest absolute Gasteiger partial charge is 0.240 e. The Morgan fingerprint density at radius 1 is 1.25 bits per heavy atom. The number of hydrogen-bond acceptors (Lipinski definition) is 3.